The molecule has 23 heavy (non-hydrogen) atoms. The minimum atomic E-state index is -0.149. The molecule has 0 aliphatic carbocycles. The van der Waals surface area contributed by atoms with Gasteiger partial charge in [-0.1, -0.05) is 60.7 Å². The first kappa shape index (κ1) is 15.4. The van der Waals surface area contributed by atoms with Crippen molar-refractivity contribution in [3.63, 3.8) is 0 Å². The molecule has 4 nitrogen and oxygen atoms in total. The van der Waals surface area contributed by atoms with Crippen LogP contribution in [0.3, 0.4) is 0 Å². The number of carbonyl (C=O) groups excluding carboxylic acids is 1. The van der Waals surface area contributed by atoms with E-state index in [0.717, 1.165) is 11.1 Å². The molecule has 1 aliphatic rings. The van der Waals surface area contributed by atoms with Gasteiger partial charge in [-0.3, -0.25) is 9.69 Å². The van der Waals surface area contributed by atoms with Crippen molar-refractivity contribution in [3.8, 4) is 0 Å². The minimum absolute atomic E-state index is 0.0275. The summed E-state index contributed by atoms with van der Waals surface area (Å²) < 4.78 is 0. The Bertz CT molecular complexity index is 682. The van der Waals surface area contributed by atoms with Gasteiger partial charge in [0.25, 0.3) is 5.91 Å². The van der Waals surface area contributed by atoms with Gasteiger partial charge in [0.1, 0.15) is 6.17 Å². The molecule has 0 radical (unpaired) electrons. The first-order valence-electron chi connectivity index (χ1n) is 7.88. The van der Waals surface area contributed by atoms with Crippen molar-refractivity contribution >= 4 is 12.1 Å². The number of hydrazone groups is 1. The summed E-state index contributed by atoms with van der Waals surface area (Å²) in [6.07, 6.45) is 1.60. The van der Waals surface area contributed by atoms with Crippen LogP contribution in [0.5, 0.6) is 0 Å². The lowest BCUT2D eigenvalue weighted by atomic mass is 10.1. The summed E-state index contributed by atoms with van der Waals surface area (Å²) in [6.45, 7) is 4.60. The topological polar surface area (TPSA) is 35.9 Å². The van der Waals surface area contributed by atoms with Gasteiger partial charge < -0.3 is 0 Å². The van der Waals surface area contributed by atoms with Crippen LogP contribution in [0.2, 0.25) is 0 Å². The third-order valence-corrected chi connectivity index (χ3v) is 4.01. The molecule has 1 atom stereocenters. The Balaban J connectivity index is 1.93. The van der Waals surface area contributed by atoms with Gasteiger partial charge in [0.15, 0.2) is 0 Å². The average Bonchev–Trinajstić information content (AvgIpc) is 2.91. The highest BCUT2D eigenvalue weighted by atomic mass is 16.2. The summed E-state index contributed by atoms with van der Waals surface area (Å²) in [7, 11) is 0. The second-order valence-electron chi connectivity index (χ2n) is 5.94. The summed E-state index contributed by atoms with van der Waals surface area (Å²) in [5.74, 6) is 0.0275. The Labute approximate surface area is 137 Å². The van der Waals surface area contributed by atoms with E-state index < -0.39 is 0 Å². The molecule has 1 amide bonds. The van der Waals surface area contributed by atoms with E-state index in [9.17, 15) is 4.79 Å². The Kier molecular flexibility index (Phi) is 4.53. The molecule has 4 heteroatoms. The molecule has 1 fully saturated rings. The van der Waals surface area contributed by atoms with Crippen LogP contribution < -0.4 is 0 Å². The fourth-order valence-corrected chi connectivity index (χ4v) is 2.81. The zero-order valence-corrected chi connectivity index (χ0v) is 13.5. The molecule has 0 aromatic heterocycles. The fraction of sp³-hybridized carbons (Fsp3) is 0.263. The molecule has 0 spiro atoms. The first-order valence-corrected chi connectivity index (χ1v) is 7.88. The Morgan fingerprint density at radius 2 is 1.65 bits per heavy atom. The molecule has 2 aromatic carbocycles. The van der Waals surface area contributed by atoms with Gasteiger partial charge in [0.05, 0.1) is 12.8 Å². The zero-order chi connectivity index (χ0) is 16.2. The van der Waals surface area contributed by atoms with E-state index in [1.807, 2.05) is 60.7 Å². The van der Waals surface area contributed by atoms with Crippen molar-refractivity contribution in [1.82, 2.24) is 9.91 Å². The van der Waals surface area contributed by atoms with Crippen molar-refractivity contribution in [2.24, 2.45) is 5.10 Å². The number of hydrogen-bond donors (Lipinski definition) is 0. The summed E-state index contributed by atoms with van der Waals surface area (Å²) in [5, 5.41) is 6.08. The summed E-state index contributed by atoms with van der Waals surface area (Å²) >= 11 is 0. The van der Waals surface area contributed by atoms with Crippen molar-refractivity contribution in [2.45, 2.75) is 26.1 Å². The molecule has 2 aromatic rings. The summed E-state index contributed by atoms with van der Waals surface area (Å²) in [5.41, 5.74) is 2.06. The van der Waals surface area contributed by atoms with E-state index in [4.69, 9.17) is 0 Å². The number of benzene rings is 2. The van der Waals surface area contributed by atoms with E-state index in [0.29, 0.717) is 6.54 Å². The lowest BCUT2D eigenvalue weighted by molar-refractivity contribution is -0.128. The maximum atomic E-state index is 12.5. The second-order valence-corrected chi connectivity index (χ2v) is 5.94. The van der Waals surface area contributed by atoms with Gasteiger partial charge >= 0.3 is 0 Å². The van der Waals surface area contributed by atoms with Crippen molar-refractivity contribution in [1.29, 1.82) is 0 Å². The molecule has 118 valence electrons. The maximum Gasteiger partial charge on any atom is 0.258 e. The molecular formula is C19H21N3O. The minimum Gasteiger partial charge on any atom is -0.271 e. The van der Waals surface area contributed by atoms with Crippen molar-refractivity contribution in [3.05, 3.63) is 71.8 Å². The predicted octanol–water partition coefficient (Wildman–Crippen LogP) is 3.27. The smallest absolute Gasteiger partial charge is 0.258 e. The predicted molar refractivity (Wildman–Crippen MR) is 91.9 cm³/mol. The van der Waals surface area contributed by atoms with E-state index in [-0.39, 0.29) is 18.1 Å². The van der Waals surface area contributed by atoms with E-state index in [1.54, 1.807) is 11.2 Å². The van der Waals surface area contributed by atoms with Gasteiger partial charge in [-0.25, -0.2) is 5.01 Å². The summed E-state index contributed by atoms with van der Waals surface area (Å²) in [4.78, 5) is 14.6. The van der Waals surface area contributed by atoms with E-state index >= 15 is 0 Å². The summed E-state index contributed by atoms with van der Waals surface area (Å²) in [6, 6.07) is 20.2. The standard InChI is InChI=1S/C19H21N3O/c1-15(2)21-14-18(23)22(19(21)17-11-7-4-8-12-17)20-13-16-9-5-3-6-10-16/h3-13,15,19H,14H2,1-2H3/b20-13-/t19-/m0/s1. The first-order chi connectivity index (χ1) is 11.2. The molecule has 1 aliphatic heterocycles. The van der Waals surface area contributed by atoms with E-state index in [1.165, 1.54) is 0 Å². The SMILES string of the molecule is CC(C)N1CC(=O)N(/N=C\c2ccccc2)[C@H]1c1ccccc1. The van der Waals surface area contributed by atoms with Crippen LogP contribution in [0.25, 0.3) is 0 Å². The monoisotopic (exact) mass is 307 g/mol. The van der Waals surface area contributed by atoms with Gasteiger partial charge in [0, 0.05) is 6.04 Å². The second kappa shape index (κ2) is 6.75. The number of rotatable bonds is 4. The lowest BCUT2D eigenvalue weighted by Gasteiger charge is -2.30. The van der Waals surface area contributed by atoms with Crippen LogP contribution in [0.4, 0.5) is 0 Å². The number of nitrogens with zero attached hydrogens (tertiary/aromatic N) is 3. The highest BCUT2D eigenvalue weighted by molar-refractivity contribution is 5.84. The quantitative estimate of drug-likeness (QED) is 0.813. The molecule has 0 N–H and O–H groups in total. The molecule has 0 bridgehead atoms. The van der Waals surface area contributed by atoms with Crippen LogP contribution in [0, 0.1) is 0 Å². The molecule has 0 unspecified atom stereocenters. The molecule has 0 saturated carbocycles. The third kappa shape index (κ3) is 3.32. The van der Waals surface area contributed by atoms with Crippen LogP contribution >= 0.6 is 0 Å². The largest absolute Gasteiger partial charge is 0.271 e. The Morgan fingerprint density at radius 1 is 1.04 bits per heavy atom. The number of amides is 1. The average molecular weight is 307 g/mol. The van der Waals surface area contributed by atoms with Crippen LogP contribution in [0.15, 0.2) is 65.8 Å². The molecule has 1 heterocycles. The Hall–Kier alpha value is -2.46. The zero-order valence-electron chi connectivity index (χ0n) is 13.5. The fourth-order valence-electron chi connectivity index (χ4n) is 2.81. The molecular weight excluding hydrogens is 286 g/mol. The lowest BCUT2D eigenvalue weighted by Crippen LogP contribution is -2.33. The van der Waals surface area contributed by atoms with Crippen LogP contribution in [-0.2, 0) is 4.79 Å². The van der Waals surface area contributed by atoms with Gasteiger partial charge in [-0.15, -0.1) is 0 Å². The van der Waals surface area contributed by atoms with Gasteiger partial charge in [0.2, 0.25) is 0 Å². The number of hydrogen-bond acceptors (Lipinski definition) is 3. The van der Waals surface area contributed by atoms with Gasteiger partial charge in [-0.05, 0) is 25.0 Å². The highest BCUT2D eigenvalue weighted by Gasteiger charge is 2.40. The van der Waals surface area contributed by atoms with E-state index in [2.05, 4.69) is 23.8 Å². The number of carbonyl (C=O) groups is 1. The van der Waals surface area contributed by atoms with Crippen molar-refractivity contribution in [2.75, 3.05) is 6.54 Å². The third-order valence-electron chi connectivity index (χ3n) is 4.01. The van der Waals surface area contributed by atoms with Crippen molar-refractivity contribution < 1.29 is 4.79 Å². The maximum absolute atomic E-state index is 12.5. The van der Waals surface area contributed by atoms with Crippen LogP contribution in [0.1, 0.15) is 31.1 Å². The Morgan fingerprint density at radius 3 is 2.26 bits per heavy atom. The van der Waals surface area contributed by atoms with Gasteiger partial charge in [-0.2, -0.15) is 5.10 Å². The normalized spacial score (nSPS) is 19.2. The molecule has 3 rings (SSSR count). The van der Waals surface area contributed by atoms with Crippen LogP contribution in [-0.4, -0.2) is 34.6 Å². The highest BCUT2D eigenvalue weighted by Crippen LogP contribution is 2.32. The molecule has 1 saturated heterocycles.